The van der Waals surface area contributed by atoms with E-state index in [1.807, 2.05) is 18.9 Å². The zero-order valence-electron chi connectivity index (χ0n) is 11.2. The van der Waals surface area contributed by atoms with E-state index in [4.69, 9.17) is 14.4 Å². The van der Waals surface area contributed by atoms with Crippen molar-refractivity contribution in [2.24, 2.45) is 5.92 Å². The van der Waals surface area contributed by atoms with E-state index in [9.17, 15) is 4.79 Å². The molecular formula is C12H19N3O4. The number of nitrogens with zero attached hydrogens (tertiary/aromatic N) is 3. The largest absolute Gasteiger partial charge is 0.481 e. The average Bonchev–Trinajstić information content (AvgIpc) is 2.98. The number of aromatic nitrogens is 2. The Labute approximate surface area is 111 Å². The van der Waals surface area contributed by atoms with E-state index >= 15 is 0 Å². The standard InChI is InChI=1S/C12H19N3O4/c1-3-4-11-13-10(14-19-11)5-15(2)9-7-18-6-8(9)12(16)17/h8-9H,3-7H2,1-2H3,(H,16,17). The summed E-state index contributed by atoms with van der Waals surface area (Å²) in [6.45, 7) is 3.19. The first-order valence-corrected chi connectivity index (χ1v) is 6.44. The Morgan fingerprint density at radius 1 is 1.53 bits per heavy atom. The quantitative estimate of drug-likeness (QED) is 0.806. The second kappa shape index (κ2) is 6.12. The molecule has 19 heavy (non-hydrogen) atoms. The second-order valence-electron chi connectivity index (χ2n) is 4.82. The van der Waals surface area contributed by atoms with E-state index in [1.54, 1.807) is 0 Å². The molecule has 0 spiro atoms. The Balaban J connectivity index is 1.95. The first-order chi connectivity index (χ1) is 9.11. The van der Waals surface area contributed by atoms with Crippen LogP contribution in [-0.4, -0.2) is 52.4 Å². The number of hydrogen-bond donors (Lipinski definition) is 1. The topological polar surface area (TPSA) is 88.7 Å². The predicted molar refractivity (Wildman–Crippen MR) is 65.5 cm³/mol. The van der Waals surface area contributed by atoms with Gasteiger partial charge in [0.2, 0.25) is 5.89 Å². The highest BCUT2D eigenvalue weighted by atomic mass is 16.5. The van der Waals surface area contributed by atoms with Gasteiger partial charge in [-0.25, -0.2) is 0 Å². The lowest BCUT2D eigenvalue weighted by Crippen LogP contribution is -2.40. The predicted octanol–water partition coefficient (Wildman–Crippen LogP) is 0.553. The van der Waals surface area contributed by atoms with Gasteiger partial charge in [-0.05, 0) is 13.5 Å². The van der Waals surface area contributed by atoms with Gasteiger partial charge in [-0.3, -0.25) is 9.69 Å². The number of likely N-dealkylation sites (N-methyl/N-ethyl adjacent to an activating group) is 1. The maximum absolute atomic E-state index is 11.1. The Kier molecular flexibility index (Phi) is 4.49. The van der Waals surface area contributed by atoms with Crippen molar-refractivity contribution in [1.29, 1.82) is 0 Å². The summed E-state index contributed by atoms with van der Waals surface area (Å²) in [5.41, 5.74) is 0. The van der Waals surface area contributed by atoms with Gasteiger partial charge in [0.25, 0.3) is 0 Å². The third-order valence-electron chi connectivity index (χ3n) is 3.30. The number of aryl methyl sites for hydroxylation is 1. The van der Waals surface area contributed by atoms with Gasteiger partial charge in [0.1, 0.15) is 0 Å². The number of rotatable bonds is 6. The van der Waals surface area contributed by atoms with Crippen molar-refractivity contribution in [2.75, 3.05) is 20.3 Å². The molecule has 1 N–H and O–H groups in total. The molecule has 1 aromatic heterocycles. The molecular weight excluding hydrogens is 250 g/mol. The summed E-state index contributed by atoms with van der Waals surface area (Å²) < 4.78 is 10.4. The third-order valence-corrected chi connectivity index (χ3v) is 3.30. The zero-order valence-corrected chi connectivity index (χ0v) is 11.2. The number of carbonyl (C=O) groups is 1. The Bertz CT molecular complexity index is 434. The highest BCUT2D eigenvalue weighted by Crippen LogP contribution is 2.20. The smallest absolute Gasteiger partial charge is 0.310 e. The van der Waals surface area contributed by atoms with Gasteiger partial charge < -0.3 is 14.4 Å². The molecule has 1 fully saturated rings. The molecule has 7 nitrogen and oxygen atoms in total. The maximum Gasteiger partial charge on any atom is 0.310 e. The molecule has 0 aliphatic carbocycles. The van der Waals surface area contributed by atoms with Crippen LogP contribution in [0.5, 0.6) is 0 Å². The van der Waals surface area contributed by atoms with Crippen molar-refractivity contribution >= 4 is 5.97 Å². The fourth-order valence-corrected chi connectivity index (χ4v) is 2.22. The van der Waals surface area contributed by atoms with Gasteiger partial charge >= 0.3 is 5.97 Å². The van der Waals surface area contributed by atoms with Crippen LogP contribution in [0.3, 0.4) is 0 Å². The van der Waals surface area contributed by atoms with E-state index in [-0.39, 0.29) is 12.6 Å². The number of aliphatic carboxylic acids is 1. The average molecular weight is 269 g/mol. The molecule has 7 heteroatoms. The van der Waals surface area contributed by atoms with E-state index in [0.717, 1.165) is 12.8 Å². The molecule has 2 atom stereocenters. The van der Waals surface area contributed by atoms with Crippen LogP contribution in [0.1, 0.15) is 25.1 Å². The van der Waals surface area contributed by atoms with Gasteiger partial charge in [-0.2, -0.15) is 4.98 Å². The van der Waals surface area contributed by atoms with Gasteiger partial charge in [0, 0.05) is 12.5 Å². The summed E-state index contributed by atoms with van der Waals surface area (Å²) in [5, 5.41) is 13.0. The van der Waals surface area contributed by atoms with Crippen LogP contribution in [0.15, 0.2) is 4.52 Å². The van der Waals surface area contributed by atoms with Crippen molar-refractivity contribution in [3.63, 3.8) is 0 Å². The van der Waals surface area contributed by atoms with Crippen molar-refractivity contribution in [2.45, 2.75) is 32.4 Å². The molecule has 0 aromatic carbocycles. The summed E-state index contributed by atoms with van der Waals surface area (Å²) in [5.74, 6) is -0.105. The first kappa shape index (κ1) is 14.0. The Morgan fingerprint density at radius 2 is 2.32 bits per heavy atom. The zero-order chi connectivity index (χ0) is 13.8. The van der Waals surface area contributed by atoms with Gasteiger partial charge in [0.15, 0.2) is 5.82 Å². The molecule has 106 valence electrons. The van der Waals surface area contributed by atoms with Crippen LogP contribution >= 0.6 is 0 Å². The molecule has 2 unspecified atom stereocenters. The Morgan fingerprint density at radius 3 is 3.00 bits per heavy atom. The minimum absolute atomic E-state index is 0.148. The monoisotopic (exact) mass is 269 g/mol. The van der Waals surface area contributed by atoms with Crippen LogP contribution in [-0.2, 0) is 22.5 Å². The van der Waals surface area contributed by atoms with Crippen LogP contribution in [0.2, 0.25) is 0 Å². The number of ether oxygens (including phenoxy) is 1. The normalized spacial score (nSPS) is 23.1. The summed E-state index contributed by atoms with van der Waals surface area (Å²) in [6, 6.07) is -0.148. The summed E-state index contributed by atoms with van der Waals surface area (Å²) >= 11 is 0. The number of hydrogen-bond acceptors (Lipinski definition) is 6. The maximum atomic E-state index is 11.1. The fourth-order valence-electron chi connectivity index (χ4n) is 2.22. The SMILES string of the molecule is CCCc1nc(CN(C)C2COCC2C(=O)O)no1. The molecule has 0 amide bonds. The Hall–Kier alpha value is -1.47. The molecule has 1 aromatic rings. The molecule has 0 saturated carbocycles. The minimum atomic E-state index is -0.825. The van der Waals surface area contributed by atoms with Crippen LogP contribution in [0.25, 0.3) is 0 Å². The van der Waals surface area contributed by atoms with Crippen molar-refractivity contribution in [1.82, 2.24) is 15.0 Å². The lowest BCUT2D eigenvalue weighted by Gasteiger charge is -2.24. The van der Waals surface area contributed by atoms with Gasteiger partial charge in [-0.1, -0.05) is 12.1 Å². The minimum Gasteiger partial charge on any atom is -0.481 e. The second-order valence-corrected chi connectivity index (χ2v) is 4.82. The van der Waals surface area contributed by atoms with E-state index in [0.29, 0.717) is 24.9 Å². The molecule has 1 aliphatic heterocycles. The van der Waals surface area contributed by atoms with E-state index in [2.05, 4.69) is 10.1 Å². The summed E-state index contributed by atoms with van der Waals surface area (Å²) in [4.78, 5) is 17.3. The third kappa shape index (κ3) is 3.30. The lowest BCUT2D eigenvalue weighted by atomic mass is 10.0. The van der Waals surface area contributed by atoms with Crippen molar-refractivity contribution in [3.8, 4) is 0 Å². The number of carboxylic acids is 1. The number of carboxylic acid groups (broad SMARTS) is 1. The molecule has 1 saturated heterocycles. The summed E-state index contributed by atoms with van der Waals surface area (Å²) in [7, 11) is 1.85. The molecule has 0 radical (unpaired) electrons. The fraction of sp³-hybridized carbons (Fsp3) is 0.750. The molecule has 2 rings (SSSR count). The first-order valence-electron chi connectivity index (χ1n) is 6.44. The molecule has 1 aliphatic rings. The summed E-state index contributed by atoms with van der Waals surface area (Å²) in [6.07, 6.45) is 1.72. The lowest BCUT2D eigenvalue weighted by molar-refractivity contribution is -0.143. The molecule has 0 bridgehead atoms. The van der Waals surface area contributed by atoms with Crippen LogP contribution in [0, 0.1) is 5.92 Å². The van der Waals surface area contributed by atoms with Crippen LogP contribution < -0.4 is 0 Å². The van der Waals surface area contributed by atoms with Gasteiger partial charge in [-0.15, -0.1) is 0 Å². The van der Waals surface area contributed by atoms with Gasteiger partial charge in [0.05, 0.1) is 25.7 Å². The van der Waals surface area contributed by atoms with Crippen molar-refractivity contribution in [3.05, 3.63) is 11.7 Å². The highest BCUT2D eigenvalue weighted by Gasteiger charge is 2.36. The van der Waals surface area contributed by atoms with E-state index in [1.165, 1.54) is 0 Å². The highest BCUT2D eigenvalue weighted by molar-refractivity contribution is 5.71. The van der Waals surface area contributed by atoms with Crippen LogP contribution in [0.4, 0.5) is 0 Å². The molecule has 2 heterocycles. The van der Waals surface area contributed by atoms with E-state index < -0.39 is 11.9 Å². The van der Waals surface area contributed by atoms with Crippen molar-refractivity contribution < 1.29 is 19.2 Å².